The van der Waals surface area contributed by atoms with Gasteiger partial charge < -0.3 is 4.90 Å². The summed E-state index contributed by atoms with van der Waals surface area (Å²) in [5.41, 5.74) is 3.36. The van der Waals surface area contributed by atoms with E-state index in [1.807, 2.05) is 44.1 Å². The van der Waals surface area contributed by atoms with Crippen LogP contribution in [0.1, 0.15) is 11.1 Å². The molecule has 2 aromatic rings. The van der Waals surface area contributed by atoms with E-state index in [-0.39, 0.29) is 10.7 Å². The Bertz CT molecular complexity index is 968. The maximum Gasteiger partial charge on any atom is 0.270 e. The molecule has 7 heteroatoms. The number of hydrogen-bond acceptors (Lipinski definition) is 4. The van der Waals surface area contributed by atoms with Crippen molar-refractivity contribution >= 4 is 58.2 Å². The zero-order chi connectivity index (χ0) is 19.7. The standard InChI is InChI=1S/C20H18ClN3O2S/c1-12-10-16(23(2)3)7-4-13(12)11-17-18(25)22-20(27)24(19(17)26)15-8-5-14(21)6-9-15/h4-11H,1-3H3,(H,22,25,27)/b17-11-. The van der Waals surface area contributed by atoms with Crippen molar-refractivity contribution in [1.29, 1.82) is 0 Å². The van der Waals surface area contributed by atoms with Crippen LogP contribution in [0.25, 0.3) is 6.08 Å². The number of amides is 2. The van der Waals surface area contributed by atoms with Crippen LogP contribution >= 0.6 is 23.8 Å². The fourth-order valence-corrected chi connectivity index (χ4v) is 3.14. The van der Waals surface area contributed by atoms with Crippen LogP contribution in [-0.4, -0.2) is 31.0 Å². The molecule has 0 saturated carbocycles. The van der Waals surface area contributed by atoms with Crippen molar-refractivity contribution in [2.24, 2.45) is 0 Å². The molecule has 27 heavy (non-hydrogen) atoms. The van der Waals surface area contributed by atoms with E-state index in [1.165, 1.54) is 4.90 Å². The quantitative estimate of drug-likeness (QED) is 0.487. The van der Waals surface area contributed by atoms with Crippen LogP contribution in [0.4, 0.5) is 11.4 Å². The lowest BCUT2D eigenvalue weighted by Crippen LogP contribution is -2.54. The van der Waals surface area contributed by atoms with E-state index in [9.17, 15) is 9.59 Å². The van der Waals surface area contributed by atoms with Gasteiger partial charge in [0.1, 0.15) is 5.57 Å². The minimum Gasteiger partial charge on any atom is -0.378 e. The Morgan fingerprint density at radius 1 is 1.11 bits per heavy atom. The van der Waals surface area contributed by atoms with Crippen molar-refractivity contribution in [3.63, 3.8) is 0 Å². The van der Waals surface area contributed by atoms with Crippen molar-refractivity contribution in [1.82, 2.24) is 5.32 Å². The predicted molar refractivity (Wildman–Crippen MR) is 113 cm³/mol. The molecule has 0 unspecified atom stereocenters. The Labute approximate surface area is 168 Å². The normalized spacial score (nSPS) is 15.9. The summed E-state index contributed by atoms with van der Waals surface area (Å²) in [5, 5.41) is 3.17. The molecule has 1 N–H and O–H groups in total. The number of nitrogens with zero attached hydrogens (tertiary/aromatic N) is 2. The van der Waals surface area contributed by atoms with Gasteiger partial charge in [-0.2, -0.15) is 0 Å². The van der Waals surface area contributed by atoms with Crippen LogP contribution in [0.3, 0.4) is 0 Å². The van der Waals surface area contributed by atoms with E-state index in [0.29, 0.717) is 10.7 Å². The van der Waals surface area contributed by atoms with Crippen molar-refractivity contribution in [3.8, 4) is 0 Å². The molecule has 0 aromatic heterocycles. The number of aryl methyl sites for hydroxylation is 1. The monoisotopic (exact) mass is 399 g/mol. The highest BCUT2D eigenvalue weighted by Gasteiger charge is 2.34. The molecule has 2 aromatic carbocycles. The summed E-state index contributed by atoms with van der Waals surface area (Å²) in [6, 6.07) is 12.5. The second-order valence-electron chi connectivity index (χ2n) is 6.37. The molecule has 0 bridgehead atoms. The first-order valence-electron chi connectivity index (χ1n) is 8.23. The van der Waals surface area contributed by atoms with E-state index in [0.717, 1.165) is 16.8 Å². The fourth-order valence-electron chi connectivity index (χ4n) is 2.74. The molecule has 0 radical (unpaired) electrons. The smallest absolute Gasteiger partial charge is 0.270 e. The molecule has 5 nitrogen and oxygen atoms in total. The summed E-state index contributed by atoms with van der Waals surface area (Å²) >= 11 is 11.1. The predicted octanol–water partition coefficient (Wildman–Crippen LogP) is 3.55. The summed E-state index contributed by atoms with van der Waals surface area (Å²) in [5.74, 6) is -0.978. The highest BCUT2D eigenvalue weighted by molar-refractivity contribution is 7.80. The number of benzene rings is 2. The van der Waals surface area contributed by atoms with Gasteiger partial charge in [0.15, 0.2) is 5.11 Å². The topological polar surface area (TPSA) is 52.7 Å². The number of hydrogen-bond donors (Lipinski definition) is 1. The second-order valence-corrected chi connectivity index (χ2v) is 7.19. The fraction of sp³-hybridized carbons (Fsp3) is 0.150. The molecule has 2 amide bonds. The molecule has 1 aliphatic heterocycles. The molecule has 3 rings (SSSR count). The number of carbonyl (C=O) groups excluding carboxylic acids is 2. The van der Waals surface area contributed by atoms with Gasteiger partial charge in [0, 0.05) is 24.8 Å². The second kappa shape index (κ2) is 7.50. The number of nitrogens with one attached hydrogen (secondary N) is 1. The van der Waals surface area contributed by atoms with Crippen molar-refractivity contribution < 1.29 is 9.59 Å². The Hall–Kier alpha value is -2.70. The average Bonchev–Trinajstić information content (AvgIpc) is 2.61. The Morgan fingerprint density at radius 3 is 2.37 bits per heavy atom. The summed E-state index contributed by atoms with van der Waals surface area (Å²) in [7, 11) is 3.91. The number of rotatable bonds is 3. The van der Waals surface area contributed by atoms with Gasteiger partial charge in [-0.1, -0.05) is 17.7 Å². The Morgan fingerprint density at radius 2 is 1.78 bits per heavy atom. The molecule has 0 atom stereocenters. The first-order valence-corrected chi connectivity index (χ1v) is 9.01. The van der Waals surface area contributed by atoms with E-state index >= 15 is 0 Å². The van der Waals surface area contributed by atoms with E-state index in [2.05, 4.69) is 5.32 Å². The lowest BCUT2D eigenvalue weighted by Gasteiger charge is -2.29. The summed E-state index contributed by atoms with van der Waals surface area (Å²) in [6.07, 6.45) is 1.59. The van der Waals surface area contributed by atoms with Crippen LogP contribution in [-0.2, 0) is 9.59 Å². The lowest BCUT2D eigenvalue weighted by atomic mass is 10.0. The number of anilines is 2. The van der Waals surface area contributed by atoms with Crippen LogP contribution < -0.4 is 15.1 Å². The number of thiocarbonyl (C=S) groups is 1. The van der Waals surface area contributed by atoms with Crippen LogP contribution in [0.2, 0.25) is 5.02 Å². The summed E-state index contributed by atoms with van der Waals surface area (Å²) in [6.45, 7) is 1.94. The maximum absolute atomic E-state index is 13.0. The highest BCUT2D eigenvalue weighted by atomic mass is 35.5. The van der Waals surface area contributed by atoms with Gasteiger partial charge in [0.2, 0.25) is 0 Å². The minimum absolute atomic E-state index is 0.0271. The van der Waals surface area contributed by atoms with Gasteiger partial charge >= 0.3 is 0 Å². The maximum atomic E-state index is 13.0. The van der Waals surface area contributed by atoms with Crippen molar-refractivity contribution in [2.45, 2.75) is 6.92 Å². The summed E-state index contributed by atoms with van der Waals surface area (Å²) < 4.78 is 0. The molecule has 1 aliphatic rings. The van der Waals surface area contributed by atoms with Gasteiger partial charge in [-0.05, 0) is 72.7 Å². The largest absolute Gasteiger partial charge is 0.378 e. The third kappa shape index (κ3) is 3.86. The zero-order valence-corrected chi connectivity index (χ0v) is 16.7. The average molecular weight is 400 g/mol. The molecular formula is C20H18ClN3O2S. The molecule has 1 saturated heterocycles. The molecule has 0 aliphatic carbocycles. The summed E-state index contributed by atoms with van der Waals surface area (Å²) in [4.78, 5) is 28.7. The Balaban J connectivity index is 2.00. The van der Waals surface area contributed by atoms with Gasteiger partial charge in [-0.25, -0.2) is 0 Å². The van der Waals surface area contributed by atoms with Crippen molar-refractivity contribution in [2.75, 3.05) is 23.9 Å². The lowest BCUT2D eigenvalue weighted by molar-refractivity contribution is -0.122. The minimum atomic E-state index is -0.508. The van der Waals surface area contributed by atoms with E-state index < -0.39 is 11.8 Å². The van der Waals surface area contributed by atoms with Gasteiger partial charge in [-0.3, -0.25) is 19.8 Å². The van der Waals surface area contributed by atoms with Gasteiger partial charge in [0.05, 0.1) is 5.69 Å². The molecule has 138 valence electrons. The number of halogens is 1. The Kier molecular flexibility index (Phi) is 5.30. The van der Waals surface area contributed by atoms with E-state index in [4.69, 9.17) is 23.8 Å². The third-order valence-corrected chi connectivity index (χ3v) is 4.79. The molecular weight excluding hydrogens is 382 g/mol. The highest BCUT2D eigenvalue weighted by Crippen LogP contribution is 2.25. The molecule has 1 fully saturated rings. The number of carbonyl (C=O) groups is 2. The van der Waals surface area contributed by atoms with Crippen LogP contribution in [0, 0.1) is 6.92 Å². The van der Waals surface area contributed by atoms with Crippen LogP contribution in [0.5, 0.6) is 0 Å². The first kappa shape index (κ1) is 19.1. The van der Waals surface area contributed by atoms with E-state index in [1.54, 1.807) is 30.3 Å². The molecule has 0 spiro atoms. The van der Waals surface area contributed by atoms with Crippen LogP contribution in [0.15, 0.2) is 48.0 Å². The zero-order valence-electron chi connectivity index (χ0n) is 15.1. The van der Waals surface area contributed by atoms with Gasteiger partial charge in [0.25, 0.3) is 11.8 Å². The van der Waals surface area contributed by atoms with Gasteiger partial charge in [-0.15, -0.1) is 0 Å². The first-order chi connectivity index (χ1) is 12.8. The SMILES string of the molecule is Cc1cc(N(C)C)ccc1/C=C1/C(=O)NC(=S)N(c2ccc(Cl)cc2)C1=O. The molecule has 1 heterocycles. The van der Waals surface area contributed by atoms with Crippen molar-refractivity contribution in [3.05, 3.63) is 64.2 Å². The third-order valence-electron chi connectivity index (χ3n) is 4.26.